The number of benzene rings is 5. The maximum atomic E-state index is 12.8. The molecule has 0 heterocycles. The second-order valence-electron chi connectivity index (χ2n) is 6.64. The van der Waals surface area contributed by atoms with Gasteiger partial charge in [0.1, 0.15) is 0 Å². The van der Waals surface area contributed by atoms with Crippen LogP contribution in [0.5, 0.6) is 0 Å². The Morgan fingerprint density at radius 3 is 1.96 bits per heavy atom. The molecule has 132 valence electrons. The highest BCUT2D eigenvalue weighted by atomic mass is 32.2. The number of nitrogens with one attached hydrogen (secondary N) is 1. The van der Waals surface area contributed by atoms with Gasteiger partial charge >= 0.3 is 0 Å². The fourth-order valence-electron chi connectivity index (χ4n) is 3.67. The molecule has 0 unspecified atom stereocenters. The second kappa shape index (κ2) is 5.59. The van der Waals surface area contributed by atoms with Gasteiger partial charge in [0.15, 0.2) is 0 Å². The molecule has 5 rings (SSSR count). The topological polar surface area (TPSA) is 72.2 Å². The number of rotatable bonds is 3. The summed E-state index contributed by atoms with van der Waals surface area (Å²) in [7, 11) is -3.70. The molecule has 3 N–H and O–H groups in total. The summed E-state index contributed by atoms with van der Waals surface area (Å²) in [5, 5.41) is 6.48. The maximum absolute atomic E-state index is 12.8. The van der Waals surface area contributed by atoms with Crippen molar-refractivity contribution in [1.82, 2.24) is 0 Å². The lowest BCUT2D eigenvalue weighted by molar-refractivity contribution is 0.601. The van der Waals surface area contributed by atoms with Crippen LogP contribution in [-0.4, -0.2) is 8.42 Å². The van der Waals surface area contributed by atoms with Crippen molar-refractivity contribution < 1.29 is 8.42 Å². The quantitative estimate of drug-likeness (QED) is 0.347. The standard InChI is InChI=1S/C22H16N2O2S/c23-17-8-10-18(11-9-17)27(25,26)24-20-13-7-16-5-4-14-2-1-3-15-6-12-19(20)22(16)21(14)15/h1-13,24H,23H2. The molecule has 0 saturated heterocycles. The predicted octanol–water partition coefficient (Wildman–Crippen LogP) is 4.97. The van der Waals surface area contributed by atoms with Gasteiger partial charge in [0, 0.05) is 11.1 Å². The van der Waals surface area contributed by atoms with E-state index in [0.29, 0.717) is 11.4 Å². The molecule has 5 aromatic rings. The van der Waals surface area contributed by atoms with Crippen molar-refractivity contribution in [3.8, 4) is 0 Å². The first kappa shape index (κ1) is 15.9. The normalized spacial score (nSPS) is 12.1. The number of hydrogen-bond acceptors (Lipinski definition) is 3. The Hall–Kier alpha value is -3.31. The monoisotopic (exact) mass is 372 g/mol. The van der Waals surface area contributed by atoms with E-state index in [1.54, 1.807) is 12.1 Å². The molecule has 0 aliphatic heterocycles. The smallest absolute Gasteiger partial charge is 0.261 e. The molecule has 0 bridgehead atoms. The van der Waals surface area contributed by atoms with Gasteiger partial charge in [-0.1, -0.05) is 48.5 Å². The molecule has 0 fully saturated rings. The van der Waals surface area contributed by atoms with Crippen LogP contribution in [0.25, 0.3) is 32.3 Å². The highest BCUT2D eigenvalue weighted by molar-refractivity contribution is 7.92. The van der Waals surface area contributed by atoms with Crippen LogP contribution in [0.15, 0.2) is 83.8 Å². The van der Waals surface area contributed by atoms with Crippen LogP contribution < -0.4 is 10.5 Å². The first-order valence-electron chi connectivity index (χ1n) is 8.58. The lowest BCUT2D eigenvalue weighted by Gasteiger charge is -2.15. The zero-order valence-electron chi connectivity index (χ0n) is 14.3. The van der Waals surface area contributed by atoms with E-state index >= 15 is 0 Å². The van der Waals surface area contributed by atoms with E-state index < -0.39 is 10.0 Å². The van der Waals surface area contributed by atoms with Gasteiger partial charge in [-0.2, -0.15) is 0 Å². The highest BCUT2D eigenvalue weighted by Gasteiger charge is 2.17. The second-order valence-corrected chi connectivity index (χ2v) is 8.33. The summed E-state index contributed by atoms with van der Waals surface area (Å²) in [6.07, 6.45) is 0. The predicted molar refractivity (Wildman–Crippen MR) is 112 cm³/mol. The minimum atomic E-state index is -3.70. The summed E-state index contributed by atoms with van der Waals surface area (Å²) < 4.78 is 28.4. The van der Waals surface area contributed by atoms with Gasteiger partial charge < -0.3 is 5.73 Å². The molecule has 0 aliphatic rings. The van der Waals surface area contributed by atoms with Crippen molar-refractivity contribution in [2.75, 3.05) is 10.5 Å². The third-order valence-electron chi connectivity index (χ3n) is 4.96. The Morgan fingerprint density at radius 2 is 1.26 bits per heavy atom. The number of sulfonamides is 1. The number of anilines is 2. The molecule has 0 aromatic heterocycles. The van der Waals surface area contributed by atoms with Crippen LogP contribution in [0.1, 0.15) is 0 Å². The molecule has 27 heavy (non-hydrogen) atoms. The summed E-state index contributed by atoms with van der Waals surface area (Å²) >= 11 is 0. The zero-order chi connectivity index (χ0) is 18.6. The molecule has 0 amide bonds. The van der Waals surface area contributed by atoms with Crippen molar-refractivity contribution in [2.45, 2.75) is 4.90 Å². The molecular weight excluding hydrogens is 356 g/mol. The van der Waals surface area contributed by atoms with Crippen LogP contribution in [0.3, 0.4) is 0 Å². The minimum Gasteiger partial charge on any atom is -0.399 e. The highest BCUT2D eigenvalue weighted by Crippen LogP contribution is 2.38. The van der Waals surface area contributed by atoms with E-state index in [0.717, 1.165) is 32.3 Å². The fourth-order valence-corrected chi connectivity index (χ4v) is 4.75. The average Bonchev–Trinajstić information content (AvgIpc) is 2.67. The Morgan fingerprint density at radius 1 is 0.667 bits per heavy atom. The molecule has 0 spiro atoms. The third kappa shape index (κ3) is 2.47. The van der Waals surface area contributed by atoms with Gasteiger partial charge in [0.05, 0.1) is 10.6 Å². The summed E-state index contributed by atoms with van der Waals surface area (Å²) in [6, 6.07) is 24.3. The number of hydrogen-bond donors (Lipinski definition) is 2. The van der Waals surface area contributed by atoms with Gasteiger partial charge in [-0.3, -0.25) is 4.72 Å². The molecule has 5 aromatic carbocycles. The number of nitrogen functional groups attached to an aromatic ring is 1. The lowest BCUT2D eigenvalue weighted by atomic mass is 9.94. The van der Waals surface area contributed by atoms with Crippen molar-refractivity contribution >= 4 is 53.7 Å². The Bertz CT molecular complexity index is 1390. The Labute approximate surface area is 156 Å². The van der Waals surface area contributed by atoms with Crippen molar-refractivity contribution in [2.24, 2.45) is 0 Å². The maximum Gasteiger partial charge on any atom is 0.261 e. The van der Waals surface area contributed by atoms with Crippen LogP contribution in [0.4, 0.5) is 11.4 Å². The van der Waals surface area contributed by atoms with Gasteiger partial charge in [0.25, 0.3) is 10.0 Å². The van der Waals surface area contributed by atoms with Gasteiger partial charge in [-0.15, -0.1) is 0 Å². The van der Waals surface area contributed by atoms with Crippen molar-refractivity contribution in [3.63, 3.8) is 0 Å². The van der Waals surface area contributed by atoms with Crippen LogP contribution in [-0.2, 0) is 10.0 Å². The summed E-state index contributed by atoms with van der Waals surface area (Å²) in [5.74, 6) is 0. The van der Waals surface area contributed by atoms with E-state index in [2.05, 4.69) is 29.0 Å². The summed E-state index contributed by atoms with van der Waals surface area (Å²) in [4.78, 5) is 0.183. The van der Waals surface area contributed by atoms with Gasteiger partial charge in [-0.05, 0) is 57.3 Å². The first-order chi connectivity index (χ1) is 13.0. The van der Waals surface area contributed by atoms with E-state index in [9.17, 15) is 8.42 Å². The van der Waals surface area contributed by atoms with Crippen LogP contribution >= 0.6 is 0 Å². The minimum absolute atomic E-state index is 0.183. The van der Waals surface area contributed by atoms with E-state index in [1.165, 1.54) is 12.1 Å². The lowest BCUT2D eigenvalue weighted by Crippen LogP contribution is -2.13. The molecule has 0 aliphatic carbocycles. The van der Waals surface area contributed by atoms with E-state index in [4.69, 9.17) is 5.73 Å². The molecule has 0 radical (unpaired) electrons. The average molecular weight is 372 g/mol. The Balaban J connectivity index is 1.73. The molecule has 5 heteroatoms. The van der Waals surface area contributed by atoms with Crippen LogP contribution in [0.2, 0.25) is 0 Å². The summed E-state index contributed by atoms with van der Waals surface area (Å²) in [6.45, 7) is 0. The number of nitrogens with two attached hydrogens (primary N) is 1. The Kier molecular flexibility index (Phi) is 3.29. The van der Waals surface area contributed by atoms with Crippen molar-refractivity contribution in [3.05, 3.63) is 78.9 Å². The molecule has 0 atom stereocenters. The van der Waals surface area contributed by atoms with E-state index in [-0.39, 0.29) is 4.90 Å². The zero-order valence-corrected chi connectivity index (χ0v) is 15.1. The van der Waals surface area contributed by atoms with E-state index in [1.807, 2.05) is 30.3 Å². The molecular formula is C22H16N2O2S. The third-order valence-corrected chi connectivity index (χ3v) is 6.34. The first-order valence-corrected chi connectivity index (χ1v) is 10.1. The molecule has 4 nitrogen and oxygen atoms in total. The van der Waals surface area contributed by atoms with Gasteiger partial charge in [-0.25, -0.2) is 8.42 Å². The SMILES string of the molecule is Nc1ccc(S(=O)(=O)Nc2ccc3ccc4cccc5ccc2c3c45)cc1. The van der Waals surface area contributed by atoms with Crippen molar-refractivity contribution in [1.29, 1.82) is 0 Å². The largest absolute Gasteiger partial charge is 0.399 e. The molecule has 0 saturated carbocycles. The van der Waals surface area contributed by atoms with Gasteiger partial charge in [0.2, 0.25) is 0 Å². The van der Waals surface area contributed by atoms with Crippen LogP contribution in [0, 0.1) is 0 Å². The fraction of sp³-hybridized carbons (Fsp3) is 0. The summed E-state index contributed by atoms with van der Waals surface area (Å²) in [5.41, 5.74) is 6.76.